The summed E-state index contributed by atoms with van der Waals surface area (Å²) in [6.07, 6.45) is -0.119. The zero-order valence-electron chi connectivity index (χ0n) is 20.8. The molecule has 0 spiro atoms. The first kappa shape index (κ1) is 30.7. The summed E-state index contributed by atoms with van der Waals surface area (Å²) in [6.45, 7) is 2.41. The van der Waals surface area contributed by atoms with Gasteiger partial charge in [-0.25, -0.2) is 21.8 Å². The standard InChI is InChI=1S/C23H27F2N4O7PS2/c1-14-17-11-19(34-8-2-6-26)21(35-9-3-7-27)20(25)22(17)38-23(14)39(32,33)29-13-37(30,31)36-16-5-4-15(12-28)18(24)10-16/h4-5,10-11,29H,2-3,6-9,13,26-27H2,1H3,(H,30,31). The number of fused-ring (bicyclic) bond motifs is 1. The first-order valence-electron chi connectivity index (χ1n) is 11.6. The molecule has 2 aromatic carbocycles. The van der Waals surface area contributed by atoms with Gasteiger partial charge in [-0.15, -0.1) is 11.3 Å². The Kier molecular flexibility index (Phi) is 10.2. The molecule has 1 heterocycles. The average molecular weight is 605 g/mol. The fraction of sp³-hybridized carbons (Fsp3) is 0.348. The fourth-order valence-electron chi connectivity index (χ4n) is 3.34. The Morgan fingerprint density at radius 1 is 1.15 bits per heavy atom. The van der Waals surface area contributed by atoms with E-state index in [1.807, 2.05) is 4.72 Å². The summed E-state index contributed by atoms with van der Waals surface area (Å²) in [6, 6.07) is 5.94. The smallest absolute Gasteiger partial charge is 0.391 e. The van der Waals surface area contributed by atoms with Gasteiger partial charge < -0.3 is 30.4 Å². The normalized spacial score (nSPS) is 13.2. The Balaban J connectivity index is 1.89. The topological polar surface area (TPSA) is 187 Å². The van der Waals surface area contributed by atoms with Crippen molar-refractivity contribution in [1.29, 1.82) is 5.26 Å². The molecule has 11 nitrogen and oxygen atoms in total. The Bertz CT molecular complexity index is 1540. The number of ether oxygens (including phenoxy) is 2. The minimum Gasteiger partial charge on any atom is -0.490 e. The SMILES string of the molecule is Cc1c(S(=O)(=O)NCP(=O)(O)Oc2ccc(C#N)c(F)c2)sc2c(F)c(OCCCN)c(OCCCN)cc12. The Labute approximate surface area is 227 Å². The zero-order valence-corrected chi connectivity index (χ0v) is 23.3. The molecule has 0 saturated carbocycles. The molecule has 0 fully saturated rings. The zero-order chi connectivity index (χ0) is 28.8. The van der Waals surface area contributed by atoms with Gasteiger partial charge in [0.2, 0.25) is 0 Å². The summed E-state index contributed by atoms with van der Waals surface area (Å²) < 4.78 is 85.7. The molecule has 0 aliphatic rings. The number of aryl methyl sites for hydroxylation is 1. The molecule has 39 heavy (non-hydrogen) atoms. The monoisotopic (exact) mass is 604 g/mol. The van der Waals surface area contributed by atoms with Crippen molar-refractivity contribution in [3.05, 3.63) is 47.0 Å². The Hall–Kier alpha value is -2.83. The van der Waals surface area contributed by atoms with Gasteiger partial charge in [-0.05, 0) is 56.6 Å². The predicted octanol–water partition coefficient (Wildman–Crippen LogP) is 3.32. The molecule has 3 aromatic rings. The van der Waals surface area contributed by atoms with Crippen molar-refractivity contribution in [1.82, 2.24) is 4.72 Å². The van der Waals surface area contributed by atoms with Crippen LogP contribution in [0.3, 0.4) is 0 Å². The Morgan fingerprint density at radius 3 is 2.44 bits per heavy atom. The van der Waals surface area contributed by atoms with Crippen LogP contribution >= 0.6 is 18.9 Å². The van der Waals surface area contributed by atoms with Gasteiger partial charge in [0, 0.05) is 11.5 Å². The number of hydrogen-bond acceptors (Lipinski definition) is 10. The van der Waals surface area contributed by atoms with E-state index in [9.17, 15) is 22.3 Å². The summed E-state index contributed by atoms with van der Waals surface area (Å²) in [5.74, 6) is -2.28. The molecule has 0 saturated heterocycles. The third kappa shape index (κ3) is 7.43. The molecule has 1 aromatic heterocycles. The highest BCUT2D eigenvalue weighted by Gasteiger charge is 2.30. The number of nitrogens with two attached hydrogens (primary N) is 2. The van der Waals surface area contributed by atoms with Crippen molar-refractivity contribution in [3.8, 4) is 23.3 Å². The maximum absolute atomic E-state index is 15.5. The lowest BCUT2D eigenvalue weighted by atomic mass is 10.1. The van der Waals surface area contributed by atoms with Crippen LogP contribution in [0, 0.1) is 29.9 Å². The highest BCUT2D eigenvalue weighted by Crippen LogP contribution is 2.45. The quantitative estimate of drug-likeness (QED) is 0.157. The lowest BCUT2D eigenvalue weighted by Crippen LogP contribution is -2.25. The number of nitriles is 1. The molecular formula is C23H27F2N4O7PS2. The number of nitrogens with zero attached hydrogens (tertiary/aromatic N) is 1. The summed E-state index contributed by atoms with van der Waals surface area (Å²) in [5.41, 5.74) is 10.9. The molecule has 212 valence electrons. The van der Waals surface area contributed by atoms with Gasteiger partial charge in [-0.2, -0.15) is 9.98 Å². The number of hydrogen-bond donors (Lipinski definition) is 4. The van der Waals surface area contributed by atoms with Crippen molar-refractivity contribution >= 4 is 39.0 Å². The van der Waals surface area contributed by atoms with Crippen LogP contribution in [0.15, 0.2) is 28.5 Å². The molecule has 0 bridgehead atoms. The van der Waals surface area contributed by atoms with Crippen molar-refractivity contribution in [2.45, 2.75) is 24.0 Å². The van der Waals surface area contributed by atoms with Crippen molar-refractivity contribution < 1.29 is 40.7 Å². The highest BCUT2D eigenvalue weighted by molar-refractivity contribution is 7.92. The van der Waals surface area contributed by atoms with E-state index >= 15 is 4.39 Å². The molecule has 3 rings (SSSR count). The molecule has 1 unspecified atom stereocenters. The van der Waals surface area contributed by atoms with E-state index in [2.05, 4.69) is 0 Å². The van der Waals surface area contributed by atoms with E-state index in [4.69, 9.17) is 30.7 Å². The van der Waals surface area contributed by atoms with E-state index < -0.39 is 35.5 Å². The average Bonchev–Trinajstić information content (AvgIpc) is 3.22. The highest BCUT2D eigenvalue weighted by atomic mass is 32.2. The van der Waals surface area contributed by atoms with E-state index in [-0.39, 0.29) is 55.9 Å². The number of benzene rings is 2. The molecule has 6 N–H and O–H groups in total. The lowest BCUT2D eigenvalue weighted by molar-refractivity contribution is 0.256. The van der Waals surface area contributed by atoms with Gasteiger partial charge in [0.25, 0.3) is 10.0 Å². The lowest BCUT2D eigenvalue weighted by Gasteiger charge is -2.14. The van der Waals surface area contributed by atoms with Gasteiger partial charge >= 0.3 is 7.60 Å². The van der Waals surface area contributed by atoms with E-state index in [1.54, 1.807) is 6.07 Å². The van der Waals surface area contributed by atoms with Crippen LogP contribution in [-0.4, -0.2) is 45.9 Å². The van der Waals surface area contributed by atoms with Crippen LogP contribution < -0.4 is 30.2 Å². The second-order valence-corrected chi connectivity index (χ2v) is 12.9. The minimum atomic E-state index is -4.65. The van der Waals surface area contributed by atoms with Crippen LogP contribution in [0.25, 0.3) is 10.1 Å². The van der Waals surface area contributed by atoms with Crippen LogP contribution in [0.2, 0.25) is 0 Å². The molecular weight excluding hydrogens is 577 g/mol. The van der Waals surface area contributed by atoms with Crippen LogP contribution in [-0.2, 0) is 14.6 Å². The largest absolute Gasteiger partial charge is 0.490 e. The first-order chi connectivity index (χ1) is 18.4. The van der Waals surface area contributed by atoms with E-state index in [1.165, 1.54) is 13.0 Å². The van der Waals surface area contributed by atoms with Gasteiger partial charge in [-0.1, -0.05) is 0 Å². The van der Waals surface area contributed by atoms with E-state index in [0.717, 1.165) is 18.2 Å². The van der Waals surface area contributed by atoms with Crippen LogP contribution in [0.4, 0.5) is 8.78 Å². The molecule has 1 atom stereocenters. The van der Waals surface area contributed by atoms with Crippen LogP contribution in [0.5, 0.6) is 17.2 Å². The van der Waals surface area contributed by atoms with Gasteiger partial charge in [0.15, 0.2) is 17.3 Å². The first-order valence-corrected chi connectivity index (χ1v) is 15.6. The number of thiophene rings is 1. The summed E-state index contributed by atoms with van der Waals surface area (Å²) >= 11 is 0.610. The molecule has 0 aliphatic carbocycles. The van der Waals surface area contributed by atoms with Gasteiger partial charge in [-0.3, -0.25) is 0 Å². The molecule has 0 aliphatic heterocycles. The van der Waals surface area contributed by atoms with Crippen molar-refractivity contribution in [2.24, 2.45) is 11.5 Å². The maximum atomic E-state index is 15.5. The summed E-state index contributed by atoms with van der Waals surface area (Å²) in [5, 5.41) is 9.04. The van der Waals surface area contributed by atoms with Gasteiger partial charge in [0.05, 0.1) is 23.5 Å². The maximum Gasteiger partial charge on any atom is 0.391 e. The Morgan fingerprint density at radius 2 is 1.82 bits per heavy atom. The van der Waals surface area contributed by atoms with Crippen molar-refractivity contribution in [3.63, 3.8) is 0 Å². The number of sulfonamides is 1. The number of nitrogens with one attached hydrogen (secondary N) is 1. The number of halogens is 2. The summed E-state index contributed by atoms with van der Waals surface area (Å²) in [4.78, 5) is 10.1. The fourth-order valence-corrected chi connectivity index (χ4v) is 7.65. The van der Waals surface area contributed by atoms with Crippen molar-refractivity contribution in [2.75, 3.05) is 32.6 Å². The third-order valence-corrected chi connectivity index (χ3v) is 9.85. The molecule has 0 radical (unpaired) electrons. The van der Waals surface area contributed by atoms with E-state index in [0.29, 0.717) is 37.3 Å². The van der Waals surface area contributed by atoms with Gasteiger partial charge in [0.1, 0.15) is 28.1 Å². The van der Waals surface area contributed by atoms with Crippen LogP contribution in [0.1, 0.15) is 24.0 Å². The molecule has 0 amide bonds. The second kappa shape index (κ2) is 13.0. The minimum absolute atomic E-state index is 0.0155. The summed E-state index contributed by atoms with van der Waals surface area (Å²) in [7, 11) is -9.07. The second-order valence-electron chi connectivity index (χ2n) is 8.18. The molecule has 16 heteroatoms. The third-order valence-electron chi connectivity index (χ3n) is 5.26. The number of rotatable bonds is 14. The predicted molar refractivity (Wildman–Crippen MR) is 142 cm³/mol.